The van der Waals surface area contributed by atoms with E-state index in [2.05, 4.69) is 24.6 Å². The van der Waals surface area contributed by atoms with Crippen LogP contribution in [0.1, 0.15) is 61.0 Å². The first kappa shape index (κ1) is 23.0. The van der Waals surface area contributed by atoms with E-state index in [-0.39, 0.29) is 10.9 Å². The van der Waals surface area contributed by atoms with E-state index in [1.807, 2.05) is 25.1 Å². The summed E-state index contributed by atoms with van der Waals surface area (Å²) in [5, 5.41) is 9.63. The number of aromatic carboxylic acids is 1. The maximum absolute atomic E-state index is 12.5. The molecule has 0 aliphatic heterocycles. The number of nitrogens with one attached hydrogen (secondary N) is 1. The Balaban J connectivity index is 1.71. The second kappa shape index (κ2) is 9.62. The van der Waals surface area contributed by atoms with Crippen LogP contribution in [0.2, 0.25) is 0 Å². The monoisotopic (exact) mass is 439 g/mol. The SMILES string of the molecule is CC(CCCc1cc(C(=O)O)c2ccc(C(C)C)ccc1-2)NS(=O)(=O)c1ccccc1. The van der Waals surface area contributed by atoms with Gasteiger partial charge in [-0.3, -0.25) is 0 Å². The molecule has 1 aromatic carbocycles. The fraction of sp³-hybridized carbons (Fsp3) is 0.320. The number of fused-ring (bicyclic) bond motifs is 1. The van der Waals surface area contributed by atoms with Crippen LogP contribution in [-0.2, 0) is 16.4 Å². The molecule has 0 saturated heterocycles. The largest absolute Gasteiger partial charge is 0.478 e. The van der Waals surface area contributed by atoms with Gasteiger partial charge in [0.05, 0.1) is 10.5 Å². The molecule has 6 heteroatoms. The number of sulfonamides is 1. The van der Waals surface area contributed by atoms with Gasteiger partial charge in [0.15, 0.2) is 0 Å². The van der Waals surface area contributed by atoms with Crippen LogP contribution in [0.4, 0.5) is 0 Å². The van der Waals surface area contributed by atoms with Gasteiger partial charge in [0, 0.05) is 6.04 Å². The molecule has 164 valence electrons. The zero-order chi connectivity index (χ0) is 22.6. The molecule has 1 aromatic rings. The van der Waals surface area contributed by atoms with Crippen molar-refractivity contribution in [2.75, 3.05) is 0 Å². The van der Waals surface area contributed by atoms with Crippen molar-refractivity contribution in [3.63, 3.8) is 0 Å². The standard InChI is InChI=1S/C25H29NO4S/c1-17(2)19-12-14-22-20(16-24(25(27)28)23(22)15-13-19)9-7-8-18(3)26-31(29,30)21-10-5-4-6-11-21/h4-6,10-18,26H,7-9H2,1-3H3,(H,27,28). The van der Waals surface area contributed by atoms with Crippen molar-refractivity contribution in [3.8, 4) is 11.1 Å². The summed E-state index contributed by atoms with van der Waals surface area (Å²) in [6, 6.07) is 17.8. The Kier molecular flexibility index (Phi) is 7.13. The molecule has 0 saturated carbocycles. The van der Waals surface area contributed by atoms with E-state index >= 15 is 0 Å². The fourth-order valence-corrected chi connectivity index (χ4v) is 5.10. The highest BCUT2D eigenvalue weighted by Crippen LogP contribution is 2.34. The van der Waals surface area contributed by atoms with E-state index in [0.29, 0.717) is 24.3 Å². The van der Waals surface area contributed by atoms with E-state index < -0.39 is 16.0 Å². The van der Waals surface area contributed by atoms with Crippen molar-refractivity contribution >= 4 is 16.0 Å². The average molecular weight is 440 g/mol. The summed E-state index contributed by atoms with van der Waals surface area (Å²) in [6.45, 7) is 6.06. The molecular formula is C25H29NO4S. The Labute approximate surface area is 184 Å². The molecule has 2 N–H and O–H groups in total. The molecule has 2 aliphatic rings. The van der Waals surface area contributed by atoms with E-state index in [0.717, 1.165) is 28.7 Å². The third kappa shape index (κ3) is 5.51. The Morgan fingerprint density at radius 3 is 2.23 bits per heavy atom. The van der Waals surface area contributed by atoms with Crippen LogP contribution in [0, 0.1) is 0 Å². The second-order valence-corrected chi connectivity index (χ2v) is 9.98. The van der Waals surface area contributed by atoms with Gasteiger partial charge in [-0.2, -0.15) is 0 Å². The lowest BCUT2D eigenvalue weighted by Gasteiger charge is -2.14. The molecule has 0 radical (unpaired) electrons. The van der Waals surface area contributed by atoms with Crippen LogP contribution < -0.4 is 4.72 Å². The molecule has 0 heterocycles. The molecule has 5 nitrogen and oxygen atoms in total. The summed E-state index contributed by atoms with van der Waals surface area (Å²) in [5.74, 6) is -0.579. The van der Waals surface area contributed by atoms with E-state index in [1.165, 1.54) is 0 Å². The number of rotatable bonds is 9. The average Bonchev–Trinajstić information content (AvgIpc) is 2.91. The van der Waals surface area contributed by atoms with Gasteiger partial charge in [-0.1, -0.05) is 56.3 Å². The summed E-state index contributed by atoms with van der Waals surface area (Å²) in [5.41, 5.74) is 4.14. The predicted octanol–water partition coefficient (Wildman–Crippen LogP) is 5.30. The van der Waals surface area contributed by atoms with Crippen LogP contribution in [-0.4, -0.2) is 25.5 Å². The predicted molar refractivity (Wildman–Crippen MR) is 123 cm³/mol. The summed E-state index contributed by atoms with van der Waals surface area (Å²) < 4.78 is 27.7. The van der Waals surface area contributed by atoms with Crippen LogP contribution in [0.25, 0.3) is 11.1 Å². The number of hydrogen-bond acceptors (Lipinski definition) is 3. The van der Waals surface area contributed by atoms with Crippen molar-refractivity contribution in [1.82, 2.24) is 4.72 Å². The van der Waals surface area contributed by atoms with Crippen LogP contribution in [0.3, 0.4) is 0 Å². The van der Waals surface area contributed by atoms with Crippen molar-refractivity contribution in [2.45, 2.75) is 56.9 Å². The first-order valence-electron chi connectivity index (χ1n) is 10.5. The number of carbonyl (C=O) groups is 1. The number of benzene rings is 1. The Morgan fingerprint density at radius 1 is 0.968 bits per heavy atom. The van der Waals surface area contributed by atoms with E-state index in [4.69, 9.17) is 0 Å². The quantitative estimate of drug-likeness (QED) is 0.474. The highest BCUT2D eigenvalue weighted by Gasteiger charge is 2.20. The number of carboxylic acids is 1. The Hall–Kier alpha value is -2.70. The Bertz CT molecular complexity index is 1120. The number of carboxylic acid groups (broad SMARTS) is 1. The highest BCUT2D eigenvalue weighted by atomic mass is 32.2. The van der Waals surface area contributed by atoms with Gasteiger partial charge in [-0.05, 0) is 72.6 Å². The lowest BCUT2D eigenvalue weighted by atomic mass is 10.0. The van der Waals surface area contributed by atoms with Gasteiger partial charge in [0.1, 0.15) is 0 Å². The number of aryl methyl sites for hydroxylation is 1. The van der Waals surface area contributed by atoms with Crippen molar-refractivity contribution in [1.29, 1.82) is 0 Å². The van der Waals surface area contributed by atoms with Crippen LogP contribution in [0.15, 0.2) is 65.6 Å². The molecule has 0 aromatic heterocycles. The van der Waals surface area contributed by atoms with Gasteiger partial charge in [-0.25, -0.2) is 17.9 Å². The molecule has 0 amide bonds. The molecule has 2 aliphatic carbocycles. The Morgan fingerprint density at radius 2 is 1.61 bits per heavy atom. The molecule has 0 spiro atoms. The lowest BCUT2D eigenvalue weighted by Crippen LogP contribution is -2.32. The maximum atomic E-state index is 12.5. The lowest BCUT2D eigenvalue weighted by molar-refractivity contribution is 0.0698. The first-order chi connectivity index (χ1) is 14.7. The molecule has 3 rings (SSSR count). The highest BCUT2D eigenvalue weighted by molar-refractivity contribution is 7.89. The normalized spacial score (nSPS) is 12.9. The van der Waals surface area contributed by atoms with Gasteiger partial charge >= 0.3 is 5.97 Å². The van der Waals surface area contributed by atoms with Gasteiger partial charge in [0.25, 0.3) is 0 Å². The topological polar surface area (TPSA) is 83.5 Å². The summed E-state index contributed by atoms with van der Waals surface area (Å²) in [6.07, 6.45) is 2.08. The maximum Gasteiger partial charge on any atom is 0.336 e. The minimum absolute atomic E-state index is 0.228. The van der Waals surface area contributed by atoms with Crippen molar-refractivity contribution in [2.24, 2.45) is 0 Å². The molecule has 1 unspecified atom stereocenters. The molecule has 1 atom stereocenters. The summed E-state index contributed by atoms with van der Waals surface area (Å²) >= 11 is 0. The zero-order valence-corrected chi connectivity index (χ0v) is 18.9. The van der Waals surface area contributed by atoms with Gasteiger partial charge in [-0.15, -0.1) is 0 Å². The van der Waals surface area contributed by atoms with Gasteiger partial charge in [0.2, 0.25) is 10.0 Å². The van der Waals surface area contributed by atoms with Crippen molar-refractivity contribution in [3.05, 3.63) is 77.4 Å². The first-order valence-corrected chi connectivity index (χ1v) is 12.0. The van der Waals surface area contributed by atoms with Crippen LogP contribution in [0.5, 0.6) is 0 Å². The molecular weight excluding hydrogens is 410 g/mol. The van der Waals surface area contributed by atoms with Crippen molar-refractivity contribution < 1.29 is 18.3 Å². The molecule has 31 heavy (non-hydrogen) atoms. The minimum atomic E-state index is -3.55. The van der Waals surface area contributed by atoms with Gasteiger partial charge < -0.3 is 5.11 Å². The van der Waals surface area contributed by atoms with E-state index in [1.54, 1.807) is 36.4 Å². The summed E-state index contributed by atoms with van der Waals surface area (Å²) in [4.78, 5) is 12.0. The van der Waals surface area contributed by atoms with E-state index in [9.17, 15) is 18.3 Å². The zero-order valence-electron chi connectivity index (χ0n) is 18.1. The molecule has 0 fully saturated rings. The molecule has 0 bridgehead atoms. The fourth-order valence-electron chi connectivity index (χ4n) is 3.80. The summed E-state index contributed by atoms with van der Waals surface area (Å²) in [7, 11) is -3.55. The smallest absolute Gasteiger partial charge is 0.336 e. The number of hydrogen-bond donors (Lipinski definition) is 2. The third-order valence-corrected chi connectivity index (χ3v) is 7.13. The second-order valence-electron chi connectivity index (χ2n) is 8.26. The minimum Gasteiger partial charge on any atom is -0.478 e. The third-order valence-electron chi connectivity index (χ3n) is 5.52. The van der Waals surface area contributed by atoms with Crippen LogP contribution >= 0.6 is 0 Å².